The monoisotopic (exact) mass is 274 g/mol. The van der Waals surface area contributed by atoms with Crippen molar-refractivity contribution in [1.29, 1.82) is 0 Å². The Morgan fingerprint density at radius 1 is 1.32 bits per heavy atom. The van der Waals surface area contributed by atoms with Crippen LogP contribution in [-0.2, 0) is 11.2 Å². The Hall–Kier alpha value is -1.40. The lowest BCUT2D eigenvalue weighted by Crippen LogP contribution is -2.24. The lowest BCUT2D eigenvalue weighted by Gasteiger charge is -2.17. The first-order chi connectivity index (χ1) is 8.93. The number of hydrogen-bond acceptors (Lipinski definition) is 4. The highest BCUT2D eigenvalue weighted by atomic mass is 19.4. The molecule has 0 spiro atoms. The second-order valence-corrected chi connectivity index (χ2v) is 5.43. The van der Waals surface area contributed by atoms with Gasteiger partial charge in [-0.25, -0.2) is 0 Å². The average molecular weight is 274 g/mol. The fourth-order valence-electron chi connectivity index (χ4n) is 3.29. The van der Waals surface area contributed by atoms with Gasteiger partial charge in [-0.15, -0.1) is 0 Å². The number of halogens is 3. The van der Waals surface area contributed by atoms with Crippen LogP contribution >= 0.6 is 0 Å². The number of nitrogens with zero attached hydrogens (tertiary/aromatic N) is 2. The summed E-state index contributed by atoms with van der Waals surface area (Å²) < 4.78 is 41.1. The molecule has 0 radical (unpaired) electrons. The van der Waals surface area contributed by atoms with Gasteiger partial charge in [-0.2, -0.15) is 18.2 Å². The zero-order chi connectivity index (χ0) is 13.6. The molecule has 1 heterocycles. The maximum Gasteiger partial charge on any atom is 0.450 e. The van der Waals surface area contributed by atoms with Crippen LogP contribution in [0.4, 0.5) is 13.2 Å². The van der Waals surface area contributed by atoms with Gasteiger partial charge in [0.25, 0.3) is 0 Å². The van der Waals surface area contributed by atoms with Gasteiger partial charge in [-0.3, -0.25) is 4.79 Å². The van der Waals surface area contributed by atoms with Gasteiger partial charge >= 0.3 is 6.18 Å². The summed E-state index contributed by atoms with van der Waals surface area (Å²) >= 11 is 0. The summed E-state index contributed by atoms with van der Waals surface area (Å²) in [5, 5.41) is 3.75. The number of ketones is 1. The number of hydrogen-bond donors (Lipinski definition) is 0. The Bertz CT molecular complexity index is 497. The molecule has 0 aromatic carbocycles. The van der Waals surface area contributed by atoms with Crippen LogP contribution in [0.2, 0.25) is 0 Å². The first kappa shape index (κ1) is 12.6. The summed E-state index contributed by atoms with van der Waals surface area (Å²) in [7, 11) is 0. The van der Waals surface area contributed by atoms with E-state index in [2.05, 4.69) is 10.1 Å². The van der Waals surface area contributed by atoms with Crippen molar-refractivity contribution in [3.63, 3.8) is 0 Å². The zero-order valence-electron chi connectivity index (χ0n) is 10.1. The minimum absolute atomic E-state index is 0.192. The van der Waals surface area contributed by atoms with E-state index in [1.54, 1.807) is 0 Å². The summed E-state index contributed by atoms with van der Waals surface area (Å²) in [6.45, 7) is 0. The molecule has 0 aliphatic heterocycles. The lowest BCUT2D eigenvalue weighted by atomic mass is 9.88. The topological polar surface area (TPSA) is 56.0 Å². The van der Waals surface area contributed by atoms with Crippen molar-refractivity contribution in [3.8, 4) is 0 Å². The summed E-state index contributed by atoms with van der Waals surface area (Å²) in [4.78, 5) is 14.8. The van der Waals surface area contributed by atoms with Crippen molar-refractivity contribution in [2.75, 3.05) is 0 Å². The number of carbonyl (C=O) groups is 1. The standard InChI is InChI=1S/C12H13F3N2O2/c13-12(14,15)9(18)5-10-16-11(17-19-10)8-4-6-1-2-7(8)3-6/h6-8H,1-5H2. The van der Waals surface area contributed by atoms with Gasteiger partial charge in [0.15, 0.2) is 5.82 Å². The van der Waals surface area contributed by atoms with Crippen LogP contribution in [-0.4, -0.2) is 22.1 Å². The Morgan fingerprint density at radius 2 is 2.11 bits per heavy atom. The van der Waals surface area contributed by atoms with Crippen molar-refractivity contribution in [2.45, 2.75) is 44.2 Å². The molecule has 0 amide bonds. The second-order valence-electron chi connectivity index (χ2n) is 5.43. The minimum Gasteiger partial charge on any atom is -0.339 e. The third-order valence-electron chi connectivity index (χ3n) is 4.18. The van der Waals surface area contributed by atoms with E-state index >= 15 is 0 Å². The molecule has 2 saturated carbocycles. The summed E-state index contributed by atoms with van der Waals surface area (Å²) in [5.41, 5.74) is 0. The average Bonchev–Trinajstić information content (AvgIpc) is 3.02. The quantitative estimate of drug-likeness (QED) is 0.850. The Morgan fingerprint density at radius 3 is 2.68 bits per heavy atom. The first-order valence-corrected chi connectivity index (χ1v) is 6.36. The highest BCUT2D eigenvalue weighted by Crippen LogP contribution is 2.52. The molecule has 2 aliphatic rings. The van der Waals surface area contributed by atoms with Crippen LogP contribution in [0.15, 0.2) is 4.52 Å². The molecule has 1 aromatic rings. The van der Waals surface area contributed by atoms with E-state index in [0.717, 1.165) is 19.3 Å². The molecule has 7 heteroatoms. The normalized spacial score (nSPS) is 29.9. The number of rotatable bonds is 3. The molecule has 2 fully saturated rings. The molecular weight excluding hydrogens is 261 g/mol. The van der Waals surface area contributed by atoms with Crippen molar-refractivity contribution < 1.29 is 22.5 Å². The third kappa shape index (κ3) is 2.37. The smallest absolute Gasteiger partial charge is 0.339 e. The molecule has 3 rings (SSSR count). The predicted molar refractivity (Wildman–Crippen MR) is 57.3 cm³/mol. The van der Waals surface area contributed by atoms with E-state index in [1.165, 1.54) is 6.42 Å². The predicted octanol–water partition coefficient (Wildman–Crippen LogP) is 2.65. The molecule has 2 bridgehead atoms. The summed E-state index contributed by atoms with van der Waals surface area (Å²) in [6.07, 6.45) is -1.23. The second kappa shape index (κ2) is 4.31. The van der Waals surface area contributed by atoms with Crippen LogP contribution in [0.5, 0.6) is 0 Å². The SMILES string of the molecule is O=C(Cc1nc(C2CC3CCC2C3)no1)C(F)(F)F. The van der Waals surface area contributed by atoms with Crippen LogP contribution in [0.1, 0.15) is 43.3 Å². The molecule has 3 unspecified atom stereocenters. The van der Waals surface area contributed by atoms with Crippen LogP contribution in [0.25, 0.3) is 0 Å². The molecule has 19 heavy (non-hydrogen) atoms. The number of alkyl halides is 3. The van der Waals surface area contributed by atoms with E-state index < -0.39 is 18.4 Å². The van der Waals surface area contributed by atoms with Gasteiger partial charge in [-0.05, 0) is 31.1 Å². The van der Waals surface area contributed by atoms with Crippen LogP contribution < -0.4 is 0 Å². The van der Waals surface area contributed by atoms with Gasteiger partial charge in [0.05, 0.1) is 6.42 Å². The van der Waals surface area contributed by atoms with E-state index in [4.69, 9.17) is 4.52 Å². The molecule has 3 atom stereocenters. The van der Waals surface area contributed by atoms with E-state index in [9.17, 15) is 18.0 Å². The summed E-state index contributed by atoms with van der Waals surface area (Å²) in [5.74, 6) is -0.215. The summed E-state index contributed by atoms with van der Waals surface area (Å²) in [6, 6.07) is 0. The number of Topliss-reactive ketones (excluding diaryl/α,β-unsaturated/α-hetero) is 1. The minimum atomic E-state index is -4.85. The van der Waals surface area contributed by atoms with Gasteiger partial charge in [0.1, 0.15) is 0 Å². The molecule has 2 aliphatic carbocycles. The maximum atomic E-state index is 12.1. The van der Waals surface area contributed by atoms with Gasteiger partial charge in [0, 0.05) is 5.92 Å². The van der Waals surface area contributed by atoms with Crippen molar-refractivity contribution in [1.82, 2.24) is 10.1 Å². The zero-order valence-corrected chi connectivity index (χ0v) is 10.1. The Balaban J connectivity index is 1.69. The Kier molecular flexibility index (Phi) is 2.87. The molecule has 104 valence electrons. The van der Waals surface area contributed by atoms with Crippen LogP contribution in [0, 0.1) is 11.8 Å². The Labute approximate surface area is 107 Å². The van der Waals surface area contributed by atoms with Crippen molar-refractivity contribution in [2.24, 2.45) is 11.8 Å². The fraction of sp³-hybridized carbons (Fsp3) is 0.750. The highest BCUT2D eigenvalue weighted by molar-refractivity contribution is 5.85. The lowest BCUT2D eigenvalue weighted by molar-refractivity contribution is -0.170. The number of carbonyl (C=O) groups excluding carboxylic acids is 1. The van der Waals surface area contributed by atoms with Gasteiger partial charge in [0.2, 0.25) is 11.7 Å². The molecule has 0 N–H and O–H groups in total. The van der Waals surface area contributed by atoms with Gasteiger partial charge in [-0.1, -0.05) is 11.6 Å². The van der Waals surface area contributed by atoms with E-state index in [1.807, 2.05) is 0 Å². The molecule has 1 aromatic heterocycles. The fourth-order valence-corrected chi connectivity index (χ4v) is 3.29. The molecular formula is C12H13F3N2O2. The third-order valence-corrected chi connectivity index (χ3v) is 4.18. The number of fused-ring (bicyclic) bond motifs is 2. The maximum absolute atomic E-state index is 12.1. The molecule has 0 saturated heterocycles. The van der Waals surface area contributed by atoms with Crippen LogP contribution in [0.3, 0.4) is 0 Å². The highest BCUT2D eigenvalue weighted by Gasteiger charge is 2.43. The van der Waals surface area contributed by atoms with Crippen molar-refractivity contribution in [3.05, 3.63) is 11.7 Å². The van der Waals surface area contributed by atoms with Gasteiger partial charge < -0.3 is 4.52 Å². The number of aromatic nitrogens is 2. The van der Waals surface area contributed by atoms with Crippen molar-refractivity contribution >= 4 is 5.78 Å². The first-order valence-electron chi connectivity index (χ1n) is 6.36. The largest absolute Gasteiger partial charge is 0.450 e. The van der Waals surface area contributed by atoms with E-state index in [-0.39, 0.29) is 11.8 Å². The van der Waals surface area contributed by atoms with E-state index in [0.29, 0.717) is 17.7 Å². The molecule has 4 nitrogen and oxygen atoms in total.